The SMILES string of the molecule is CCn1c(=O)c2c(nc(C(C)N)n2C)n(CC(C)C)c1=O. The van der Waals surface area contributed by atoms with Crippen LogP contribution in [0.2, 0.25) is 0 Å². The average molecular weight is 293 g/mol. The summed E-state index contributed by atoms with van der Waals surface area (Å²) in [6.07, 6.45) is 0. The fraction of sp³-hybridized carbons (Fsp3) is 0.643. The van der Waals surface area contributed by atoms with Crippen molar-refractivity contribution in [3.63, 3.8) is 0 Å². The van der Waals surface area contributed by atoms with Crippen LogP contribution < -0.4 is 17.0 Å². The summed E-state index contributed by atoms with van der Waals surface area (Å²) in [6, 6.07) is -0.306. The Bertz CT molecular complexity index is 779. The van der Waals surface area contributed by atoms with Gasteiger partial charge >= 0.3 is 5.69 Å². The minimum atomic E-state index is -0.307. The summed E-state index contributed by atoms with van der Waals surface area (Å²) in [6.45, 7) is 8.50. The van der Waals surface area contributed by atoms with Crippen LogP contribution in [0.5, 0.6) is 0 Å². The maximum absolute atomic E-state index is 12.5. The third-order valence-corrected chi connectivity index (χ3v) is 3.55. The highest BCUT2D eigenvalue weighted by Crippen LogP contribution is 2.15. The van der Waals surface area contributed by atoms with E-state index in [1.165, 1.54) is 4.57 Å². The molecule has 2 N–H and O–H groups in total. The van der Waals surface area contributed by atoms with Crippen molar-refractivity contribution in [2.75, 3.05) is 0 Å². The number of fused-ring (bicyclic) bond motifs is 1. The van der Waals surface area contributed by atoms with Crippen molar-refractivity contribution in [3.05, 3.63) is 26.7 Å². The van der Waals surface area contributed by atoms with Crippen LogP contribution in [0.4, 0.5) is 0 Å². The van der Waals surface area contributed by atoms with E-state index in [4.69, 9.17) is 5.73 Å². The number of hydrogen-bond donors (Lipinski definition) is 1. The van der Waals surface area contributed by atoms with E-state index in [1.54, 1.807) is 23.1 Å². The fourth-order valence-corrected chi connectivity index (χ4v) is 2.60. The third kappa shape index (κ3) is 2.42. The van der Waals surface area contributed by atoms with Crippen LogP contribution in [0.3, 0.4) is 0 Å². The molecular formula is C14H23N5O2. The van der Waals surface area contributed by atoms with E-state index in [0.717, 1.165) is 0 Å². The van der Waals surface area contributed by atoms with Gasteiger partial charge in [0.1, 0.15) is 5.82 Å². The molecule has 2 aromatic rings. The lowest BCUT2D eigenvalue weighted by molar-refractivity contribution is 0.491. The zero-order valence-corrected chi connectivity index (χ0v) is 13.3. The molecule has 0 saturated heterocycles. The van der Waals surface area contributed by atoms with Gasteiger partial charge in [0, 0.05) is 20.1 Å². The second kappa shape index (κ2) is 5.48. The number of imidazole rings is 1. The number of rotatable bonds is 4. The molecule has 7 heteroatoms. The van der Waals surface area contributed by atoms with Gasteiger partial charge < -0.3 is 10.3 Å². The first-order valence-electron chi connectivity index (χ1n) is 7.25. The molecule has 0 fully saturated rings. The van der Waals surface area contributed by atoms with Crippen LogP contribution in [0.25, 0.3) is 11.2 Å². The molecule has 7 nitrogen and oxygen atoms in total. The zero-order valence-electron chi connectivity index (χ0n) is 13.3. The molecular weight excluding hydrogens is 270 g/mol. The highest BCUT2D eigenvalue weighted by atomic mass is 16.2. The molecule has 0 aromatic carbocycles. The van der Waals surface area contributed by atoms with Crippen molar-refractivity contribution >= 4 is 11.2 Å². The number of aryl methyl sites for hydroxylation is 1. The van der Waals surface area contributed by atoms with Crippen molar-refractivity contribution in [1.82, 2.24) is 18.7 Å². The van der Waals surface area contributed by atoms with Gasteiger partial charge in [-0.25, -0.2) is 9.78 Å². The van der Waals surface area contributed by atoms with Gasteiger partial charge in [0.15, 0.2) is 11.2 Å². The van der Waals surface area contributed by atoms with Crippen LogP contribution in [0.15, 0.2) is 9.59 Å². The van der Waals surface area contributed by atoms with Crippen molar-refractivity contribution < 1.29 is 0 Å². The standard InChI is InChI=1S/C14H23N5O2/c1-6-18-13(20)10-12(16-11(9(4)15)17(10)5)19(14(18)21)7-8(2)3/h8-9H,6-7,15H2,1-5H3. The quantitative estimate of drug-likeness (QED) is 0.893. The monoisotopic (exact) mass is 293 g/mol. The Hall–Kier alpha value is -1.89. The summed E-state index contributed by atoms with van der Waals surface area (Å²) in [5.74, 6) is 0.877. The first-order chi connectivity index (χ1) is 9.79. The van der Waals surface area contributed by atoms with Crippen LogP contribution in [0, 0.1) is 5.92 Å². The first kappa shape index (κ1) is 15.5. The average Bonchev–Trinajstić information content (AvgIpc) is 2.73. The van der Waals surface area contributed by atoms with Crippen molar-refractivity contribution in [2.24, 2.45) is 18.7 Å². The first-order valence-corrected chi connectivity index (χ1v) is 7.25. The van der Waals surface area contributed by atoms with Gasteiger partial charge in [0.25, 0.3) is 5.56 Å². The summed E-state index contributed by atoms with van der Waals surface area (Å²) >= 11 is 0. The van der Waals surface area contributed by atoms with E-state index in [0.29, 0.717) is 30.1 Å². The summed E-state index contributed by atoms with van der Waals surface area (Å²) in [7, 11) is 1.76. The molecule has 21 heavy (non-hydrogen) atoms. The van der Waals surface area contributed by atoms with Crippen LogP contribution in [-0.2, 0) is 20.1 Å². The topological polar surface area (TPSA) is 87.8 Å². The maximum atomic E-state index is 12.5. The molecule has 0 amide bonds. The molecule has 2 heterocycles. The number of aromatic nitrogens is 4. The minimum Gasteiger partial charge on any atom is -0.324 e. The van der Waals surface area contributed by atoms with Gasteiger partial charge in [-0.3, -0.25) is 13.9 Å². The fourth-order valence-electron chi connectivity index (χ4n) is 2.60. The Kier molecular flexibility index (Phi) is 4.04. The lowest BCUT2D eigenvalue weighted by Crippen LogP contribution is -2.40. The number of nitrogens with zero attached hydrogens (tertiary/aromatic N) is 4. The summed E-state index contributed by atoms with van der Waals surface area (Å²) < 4.78 is 4.53. The summed E-state index contributed by atoms with van der Waals surface area (Å²) in [4.78, 5) is 29.5. The lowest BCUT2D eigenvalue weighted by atomic mass is 10.2. The van der Waals surface area contributed by atoms with Crippen molar-refractivity contribution in [2.45, 2.75) is 46.8 Å². The van der Waals surface area contributed by atoms with Crippen LogP contribution in [-0.4, -0.2) is 18.7 Å². The normalized spacial score (nSPS) is 13.3. The molecule has 0 saturated carbocycles. The molecule has 0 bridgehead atoms. The van der Waals surface area contributed by atoms with Gasteiger partial charge in [0.05, 0.1) is 6.04 Å². The predicted molar refractivity (Wildman–Crippen MR) is 82.3 cm³/mol. The second-order valence-electron chi connectivity index (χ2n) is 5.83. The summed E-state index contributed by atoms with van der Waals surface area (Å²) in [5, 5.41) is 0. The maximum Gasteiger partial charge on any atom is 0.332 e. The van der Waals surface area contributed by atoms with E-state index in [9.17, 15) is 9.59 Å². The Morgan fingerprint density at radius 2 is 1.81 bits per heavy atom. The van der Waals surface area contributed by atoms with E-state index in [2.05, 4.69) is 4.98 Å². The van der Waals surface area contributed by atoms with Crippen LogP contribution in [0.1, 0.15) is 39.6 Å². The lowest BCUT2D eigenvalue weighted by Gasteiger charge is -2.12. The molecule has 0 spiro atoms. The van der Waals surface area contributed by atoms with E-state index in [1.807, 2.05) is 20.8 Å². The predicted octanol–water partition coefficient (Wildman–Crippen LogP) is 0.592. The minimum absolute atomic E-state index is 0.273. The van der Waals surface area contributed by atoms with Gasteiger partial charge in [0.2, 0.25) is 0 Å². The Labute approximate surface area is 123 Å². The largest absolute Gasteiger partial charge is 0.332 e. The molecule has 0 radical (unpaired) electrons. The molecule has 0 aliphatic carbocycles. The molecule has 1 unspecified atom stereocenters. The summed E-state index contributed by atoms with van der Waals surface area (Å²) in [5.41, 5.74) is 6.16. The third-order valence-electron chi connectivity index (χ3n) is 3.55. The smallest absolute Gasteiger partial charge is 0.324 e. The van der Waals surface area contributed by atoms with Crippen LogP contribution >= 0.6 is 0 Å². The van der Waals surface area contributed by atoms with Crippen molar-refractivity contribution in [1.29, 1.82) is 0 Å². The molecule has 1 atom stereocenters. The molecule has 0 aliphatic heterocycles. The number of nitrogens with two attached hydrogens (primary N) is 1. The van der Waals surface area contributed by atoms with Gasteiger partial charge in [-0.05, 0) is 19.8 Å². The highest BCUT2D eigenvalue weighted by molar-refractivity contribution is 5.71. The second-order valence-corrected chi connectivity index (χ2v) is 5.83. The Morgan fingerprint density at radius 1 is 1.19 bits per heavy atom. The highest BCUT2D eigenvalue weighted by Gasteiger charge is 2.21. The zero-order chi connectivity index (χ0) is 15.9. The Morgan fingerprint density at radius 3 is 2.29 bits per heavy atom. The van der Waals surface area contributed by atoms with Gasteiger partial charge in [-0.15, -0.1) is 0 Å². The molecule has 116 valence electrons. The molecule has 2 rings (SSSR count). The van der Waals surface area contributed by atoms with Crippen molar-refractivity contribution in [3.8, 4) is 0 Å². The van der Waals surface area contributed by atoms with E-state index >= 15 is 0 Å². The van der Waals surface area contributed by atoms with Gasteiger partial charge in [-0.1, -0.05) is 13.8 Å². The molecule has 2 aromatic heterocycles. The Balaban J connectivity index is 2.97. The number of hydrogen-bond acceptors (Lipinski definition) is 4. The van der Waals surface area contributed by atoms with E-state index in [-0.39, 0.29) is 23.2 Å². The molecule has 0 aliphatic rings. The van der Waals surface area contributed by atoms with E-state index < -0.39 is 0 Å². The van der Waals surface area contributed by atoms with Gasteiger partial charge in [-0.2, -0.15) is 0 Å².